The highest BCUT2D eigenvalue weighted by atomic mass is 19.4. The predicted molar refractivity (Wildman–Crippen MR) is 118 cm³/mol. The molecule has 174 valence electrons. The summed E-state index contributed by atoms with van der Waals surface area (Å²) in [6, 6.07) is 14.6. The lowest BCUT2D eigenvalue weighted by molar-refractivity contribution is -0.138. The Labute approximate surface area is 190 Å². The van der Waals surface area contributed by atoms with Gasteiger partial charge in [0.25, 0.3) is 0 Å². The molecular weight excluding hydrogens is 431 g/mol. The summed E-state index contributed by atoms with van der Waals surface area (Å²) < 4.78 is 38.6. The second-order valence-electron chi connectivity index (χ2n) is 8.28. The maximum absolute atomic E-state index is 13.1. The van der Waals surface area contributed by atoms with Gasteiger partial charge in [0.1, 0.15) is 0 Å². The van der Waals surface area contributed by atoms with Crippen LogP contribution in [-0.4, -0.2) is 41.2 Å². The summed E-state index contributed by atoms with van der Waals surface area (Å²) in [7, 11) is 0. The van der Waals surface area contributed by atoms with Crippen LogP contribution < -0.4 is 5.32 Å². The number of halogens is 3. The number of hydrogen-bond acceptors (Lipinski definition) is 3. The summed E-state index contributed by atoms with van der Waals surface area (Å²) >= 11 is 0. The first-order valence-electron chi connectivity index (χ1n) is 11.0. The van der Waals surface area contributed by atoms with Gasteiger partial charge in [0.15, 0.2) is 0 Å². The molecule has 8 heteroatoms. The molecule has 1 saturated heterocycles. The number of fused-ring (bicyclic) bond motifs is 1. The van der Waals surface area contributed by atoms with Gasteiger partial charge in [0.2, 0.25) is 11.8 Å². The van der Waals surface area contributed by atoms with E-state index in [1.807, 2.05) is 35.2 Å². The molecule has 2 aromatic carbocycles. The van der Waals surface area contributed by atoms with Gasteiger partial charge < -0.3 is 15.1 Å². The summed E-state index contributed by atoms with van der Waals surface area (Å²) in [6.45, 7) is 2.29. The molecule has 0 aromatic heterocycles. The Morgan fingerprint density at radius 1 is 0.970 bits per heavy atom. The van der Waals surface area contributed by atoms with E-state index >= 15 is 0 Å². The molecule has 0 bridgehead atoms. The first-order valence-corrected chi connectivity index (χ1v) is 11.0. The smallest absolute Gasteiger partial charge is 0.371 e. The number of carbonyl (C=O) groups is 2. The summed E-state index contributed by atoms with van der Waals surface area (Å²) in [6.07, 6.45) is -1.26. The number of benzene rings is 2. The molecular formula is C25H26F3N3O2. The molecule has 0 aliphatic carbocycles. The largest absolute Gasteiger partial charge is 0.416 e. The lowest BCUT2D eigenvalue weighted by Gasteiger charge is -2.43. The van der Waals surface area contributed by atoms with E-state index in [4.69, 9.17) is 0 Å². The highest BCUT2D eigenvalue weighted by Crippen LogP contribution is 2.37. The second kappa shape index (κ2) is 9.68. The number of alkyl halides is 3. The van der Waals surface area contributed by atoms with E-state index < -0.39 is 11.7 Å². The Hall–Kier alpha value is -3.29. The van der Waals surface area contributed by atoms with Gasteiger partial charge in [-0.15, -0.1) is 0 Å². The van der Waals surface area contributed by atoms with Crippen LogP contribution in [0.2, 0.25) is 0 Å². The third kappa shape index (κ3) is 5.38. The van der Waals surface area contributed by atoms with E-state index in [2.05, 4.69) is 16.3 Å². The molecule has 0 saturated carbocycles. The minimum Gasteiger partial charge on any atom is -0.371 e. The van der Waals surface area contributed by atoms with E-state index in [1.54, 1.807) is 0 Å². The number of carbonyl (C=O) groups excluding carboxylic acids is 2. The number of amides is 2. The molecule has 5 nitrogen and oxygen atoms in total. The van der Waals surface area contributed by atoms with Crippen molar-refractivity contribution in [2.45, 2.75) is 38.0 Å². The van der Waals surface area contributed by atoms with E-state index in [0.717, 1.165) is 42.9 Å². The average Bonchev–Trinajstić information content (AvgIpc) is 3.29. The monoisotopic (exact) mass is 457 g/mol. The molecule has 2 heterocycles. The van der Waals surface area contributed by atoms with Crippen LogP contribution in [0, 0.1) is 0 Å². The Morgan fingerprint density at radius 2 is 1.76 bits per heavy atom. The lowest BCUT2D eigenvalue weighted by Crippen LogP contribution is -2.48. The van der Waals surface area contributed by atoms with E-state index in [0.29, 0.717) is 12.1 Å². The maximum Gasteiger partial charge on any atom is 0.416 e. The maximum atomic E-state index is 13.1. The van der Waals surface area contributed by atoms with Gasteiger partial charge in [0.05, 0.1) is 11.6 Å². The van der Waals surface area contributed by atoms with Gasteiger partial charge in [-0.2, -0.15) is 13.2 Å². The molecule has 0 radical (unpaired) electrons. The first-order chi connectivity index (χ1) is 15.8. The zero-order valence-corrected chi connectivity index (χ0v) is 18.1. The van der Waals surface area contributed by atoms with Crippen LogP contribution in [0.15, 0.2) is 66.4 Å². The molecule has 1 unspecified atom stereocenters. The molecule has 2 aliphatic heterocycles. The van der Waals surface area contributed by atoms with E-state index in [9.17, 15) is 22.8 Å². The van der Waals surface area contributed by atoms with Gasteiger partial charge >= 0.3 is 6.18 Å². The molecule has 2 aromatic rings. The van der Waals surface area contributed by atoms with Crippen molar-refractivity contribution >= 4 is 11.8 Å². The first kappa shape index (κ1) is 22.9. The third-order valence-electron chi connectivity index (χ3n) is 6.07. The SMILES string of the molecule is O=C(CCC(=O)N1CCN2CCC=C2C1c1ccccc1)NCc1cccc(C(F)(F)F)c1. The lowest BCUT2D eigenvalue weighted by atomic mass is 9.98. The van der Waals surface area contributed by atoms with Crippen LogP contribution in [0.3, 0.4) is 0 Å². The highest BCUT2D eigenvalue weighted by molar-refractivity contribution is 5.84. The van der Waals surface area contributed by atoms with Gasteiger partial charge in [-0.3, -0.25) is 9.59 Å². The number of rotatable bonds is 6. The van der Waals surface area contributed by atoms with Crippen molar-refractivity contribution in [2.24, 2.45) is 0 Å². The van der Waals surface area contributed by atoms with Crippen molar-refractivity contribution < 1.29 is 22.8 Å². The van der Waals surface area contributed by atoms with Crippen molar-refractivity contribution in [1.29, 1.82) is 0 Å². The number of hydrogen-bond donors (Lipinski definition) is 1. The fourth-order valence-electron chi connectivity index (χ4n) is 4.43. The average molecular weight is 457 g/mol. The van der Waals surface area contributed by atoms with Crippen LogP contribution >= 0.6 is 0 Å². The Morgan fingerprint density at radius 3 is 2.52 bits per heavy atom. The normalized spacial score (nSPS) is 18.0. The van der Waals surface area contributed by atoms with Crippen LogP contribution in [0.1, 0.15) is 42.0 Å². The summed E-state index contributed by atoms with van der Waals surface area (Å²) in [5.41, 5.74) is 1.78. The molecule has 2 aliphatic rings. The van der Waals surface area contributed by atoms with E-state index in [-0.39, 0.29) is 37.2 Å². The minimum atomic E-state index is -4.43. The topological polar surface area (TPSA) is 52.7 Å². The van der Waals surface area contributed by atoms with Gasteiger partial charge in [-0.05, 0) is 29.7 Å². The van der Waals surface area contributed by atoms with Crippen molar-refractivity contribution in [3.63, 3.8) is 0 Å². The van der Waals surface area contributed by atoms with Gasteiger partial charge in [-0.25, -0.2) is 0 Å². The van der Waals surface area contributed by atoms with Gasteiger partial charge in [-0.1, -0.05) is 48.5 Å². The quantitative estimate of drug-likeness (QED) is 0.705. The minimum absolute atomic E-state index is 0.0153. The Kier molecular flexibility index (Phi) is 6.72. The number of piperazine rings is 1. The highest BCUT2D eigenvalue weighted by Gasteiger charge is 2.36. The second-order valence-corrected chi connectivity index (χ2v) is 8.28. The van der Waals surface area contributed by atoms with Crippen molar-refractivity contribution in [1.82, 2.24) is 15.1 Å². The summed E-state index contributed by atoms with van der Waals surface area (Å²) in [4.78, 5) is 29.5. The van der Waals surface area contributed by atoms with E-state index in [1.165, 1.54) is 12.1 Å². The Balaban J connectivity index is 1.35. The fourth-order valence-corrected chi connectivity index (χ4v) is 4.43. The molecule has 1 atom stereocenters. The van der Waals surface area contributed by atoms with Gasteiger partial charge in [0, 0.05) is 44.7 Å². The predicted octanol–water partition coefficient (Wildman–Crippen LogP) is 4.27. The fraction of sp³-hybridized carbons (Fsp3) is 0.360. The third-order valence-corrected chi connectivity index (χ3v) is 6.07. The summed E-state index contributed by atoms with van der Waals surface area (Å²) in [5.74, 6) is -0.471. The summed E-state index contributed by atoms with van der Waals surface area (Å²) in [5, 5.41) is 2.62. The molecule has 1 fully saturated rings. The standard InChI is InChI=1S/C25H26F3N3O2/c26-25(27,28)20-9-4-6-18(16-20)17-29-22(32)11-12-23(33)31-15-14-30-13-5-10-21(30)24(31)19-7-2-1-3-8-19/h1-4,6-10,16,24H,5,11-15,17H2,(H,29,32). The van der Waals surface area contributed by atoms with Crippen molar-refractivity contribution in [2.75, 3.05) is 19.6 Å². The molecule has 0 spiro atoms. The van der Waals surface area contributed by atoms with Crippen LogP contribution in [0.5, 0.6) is 0 Å². The van der Waals surface area contributed by atoms with Crippen molar-refractivity contribution in [3.8, 4) is 0 Å². The van der Waals surface area contributed by atoms with Crippen molar-refractivity contribution in [3.05, 3.63) is 83.1 Å². The van der Waals surface area contributed by atoms with Crippen LogP contribution in [0.25, 0.3) is 0 Å². The van der Waals surface area contributed by atoms with Crippen LogP contribution in [-0.2, 0) is 22.3 Å². The molecule has 1 N–H and O–H groups in total. The molecule has 4 rings (SSSR count). The molecule has 33 heavy (non-hydrogen) atoms. The van der Waals surface area contributed by atoms with Crippen LogP contribution in [0.4, 0.5) is 13.2 Å². The molecule has 2 amide bonds. The number of nitrogens with zero attached hydrogens (tertiary/aromatic N) is 2. The zero-order valence-electron chi connectivity index (χ0n) is 18.1. The Bertz CT molecular complexity index is 1040. The number of nitrogens with one attached hydrogen (secondary N) is 1. The zero-order chi connectivity index (χ0) is 23.4.